The summed E-state index contributed by atoms with van der Waals surface area (Å²) in [4.78, 5) is 2.52. The van der Waals surface area contributed by atoms with Crippen LogP contribution in [0.4, 0.5) is 0 Å². The van der Waals surface area contributed by atoms with Crippen LogP contribution in [0.5, 0.6) is 0 Å². The van der Waals surface area contributed by atoms with Crippen LogP contribution in [0.3, 0.4) is 0 Å². The Balaban J connectivity index is 1.92. The lowest BCUT2D eigenvalue weighted by molar-refractivity contribution is 0.141. The van der Waals surface area contributed by atoms with Crippen molar-refractivity contribution < 1.29 is 0 Å². The Morgan fingerprint density at radius 3 is 2.35 bits per heavy atom. The largest absolute Gasteiger partial charge is 0.301 e. The average Bonchev–Trinajstić information content (AvgIpc) is 2.28. The molecule has 1 aliphatic heterocycles. The number of nitrogens with zero attached hydrogens (tertiary/aromatic N) is 1. The van der Waals surface area contributed by atoms with Crippen LogP contribution in [-0.2, 0) is 0 Å². The molecule has 2 heteroatoms. The van der Waals surface area contributed by atoms with E-state index in [1.54, 1.807) is 0 Å². The fraction of sp³-hybridized carbons (Fsp3) is 0.600. The lowest BCUT2D eigenvalue weighted by atomic mass is 9.91. The molecule has 0 saturated carbocycles. The normalized spacial score (nSPS) is 27.9. The third-order valence-corrected chi connectivity index (χ3v) is 3.91. The molecule has 2 rings (SSSR count). The standard InChI is InChI=1S/C15H22ClN/c1-12-8-13(2)10-17(9-12)11-15(16)14-6-4-3-5-7-14/h3-7,12-13,15H,8-11H2,1-2H3. The number of likely N-dealkylation sites (tertiary alicyclic amines) is 1. The van der Waals surface area contributed by atoms with Crippen molar-refractivity contribution in [1.82, 2.24) is 4.90 Å². The average molecular weight is 252 g/mol. The van der Waals surface area contributed by atoms with Gasteiger partial charge in [0, 0.05) is 19.6 Å². The quantitative estimate of drug-likeness (QED) is 0.736. The van der Waals surface area contributed by atoms with Crippen molar-refractivity contribution in [2.75, 3.05) is 19.6 Å². The third-order valence-electron chi connectivity index (χ3n) is 3.52. The lowest BCUT2D eigenvalue weighted by Gasteiger charge is -2.36. The zero-order valence-corrected chi connectivity index (χ0v) is 11.5. The Bertz CT molecular complexity index is 328. The molecule has 94 valence electrons. The third kappa shape index (κ3) is 3.72. The summed E-state index contributed by atoms with van der Waals surface area (Å²) in [6.45, 7) is 8.05. The van der Waals surface area contributed by atoms with E-state index < -0.39 is 0 Å². The Hall–Kier alpha value is -0.530. The maximum atomic E-state index is 6.49. The van der Waals surface area contributed by atoms with Crippen molar-refractivity contribution in [2.45, 2.75) is 25.6 Å². The number of hydrogen-bond acceptors (Lipinski definition) is 1. The molecule has 0 aromatic heterocycles. The van der Waals surface area contributed by atoms with Gasteiger partial charge in [-0.25, -0.2) is 0 Å². The molecular weight excluding hydrogens is 230 g/mol. The Morgan fingerprint density at radius 1 is 1.18 bits per heavy atom. The Morgan fingerprint density at radius 2 is 1.76 bits per heavy atom. The van der Waals surface area contributed by atoms with E-state index >= 15 is 0 Å². The smallest absolute Gasteiger partial charge is 0.0712 e. The fourth-order valence-electron chi connectivity index (χ4n) is 2.94. The zero-order valence-electron chi connectivity index (χ0n) is 10.8. The lowest BCUT2D eigenvalue weighted by Crippen LogP contribution is -2.40. The van der Waals surface area contributed by atoms with Gasteiger partial charge in [-0.3, -0.25) is 0 Å². The summed E-state index contributed by atoms with van der Waals surface area (Å²) in [5, 5.41) is 0.119. The summed E-state index contributed by atoms with van der Waals surface area (Å²) in [5.74, 6) is 1.61. The molecule has 1 aliphatic rings. The molecular formula is C15H22ClN. The van der Waals surface area contributed by atoms with Gasteiger partial charge in [-0.05, 0) is 23.8 Å². The van der Waals surface area contributed by atoms with Gasteiger partial charge in [0.15, 0.2) is 0 Å². The monoisotopic (exact) mass is 251 g/mol. The van der Waals surface area contributed by atoms with Crippen LogP contribution in [0.15, 0.2) is 30.3 Å². The highest BCUT2D eigenvalue weighted by atomic mass is 35.5. The van der Waals surface area contributed by atoms with Gasteiger partial charge in [0.1, 0.15) is 0 Å². The zero-order chi connectivity index (χ0) is 12.3. The summed E-state index contributed by atoms with van der Waals surface area (Å²) < 4.78 is 0. The van der Waals surface area contributed by atoms with Crippen molar-refractivity contribution in [1.29, 1.82) is 0 Å². The summed E-state index contributed by atoms with van der Waals surface area (Å²) in [6.07, 6.45) is 1.36. The van der Waals surface area contributed by atoms with E-state index in [1.165, 1.54) is 25.1 Å². The van der Waals surface area contributed by atoms with Crippen LogP contribution in [0.2, 0.25) is 0 Å². The summed E-state index contributed by atoms with van der Waals surface area (Å²) >= 11 is 6.49. The van der Waals surface area contributed by atoms with Crippen molar-refractivity contribution in [3.63, 3.8) is 0 Å². The molecule has 0 aliphatic carbocycles. The predicted octanol–water partition coefficient (Wildman–Crippen LogP) is 3.94. The van der Waals surface area contributed by atoms with E-state index in [9.17, 15) is 0 Å². The van der Waals surface area contributed by atoms with E-state index in [0.29, 0.717) is 0 Å². The van der Waals surface area contributed by atoms with Crippen LogP contribution >= 0.6 is 11.6 Å². The molecule has 0 amide bonds. The van der Waals surface area contributed by atoms with Gasteiger partial charge in [-0.2, -0.15) is 0 Å². The van der Waals surface area contributed by atoms with Crippen LogP contribution < -0.4 is 0 Å². The van der Waals surface area contributed by atoms with Crippen molar-refractivity contribution in [3.05, 3.63) is 35.9 Å². The highest BCUT2D eigenvalue weighted by Crippen LogP contribution is 2.26. The van der Waals surface area contributed by atoms with Gasteiger partial charge in [-0.15, -0.1) is 11.6 Å². The second-order valence-electron chi connectivity index (χ2n) is 5.54. The summed E-state index contributed by atoms with van der Waals surface area (Å²) in [7, 11) is 0. The minimum Gasteiger partial charge on any atom is -0.301 e. The maximum Gasteiger partial charge on any atom is 0.0712 e. The summed E-state index contributed by atoms with van der Waals surface area (Å²) in [6, 6.07) is 10.4. The highest BCUT2D eigenvalue weighted by molar-refractivity contribution is 6.21. The SMILES string of the molecule is CC1CC(C)CN(CC(Cl)c2ccccc2)C1. The van der Waals surface area contributed by atoms with Crippen LogP contribution in [0.1, 0.15) is 31.2 Å². The first-order valence-corrected chi connectivity index (χ1v) is 7.00. The van der Waals surface area contributed by atoms with Crippen LogP contribution in [0.25, 0.3) is 0 Å². The number of halogens is 1. The molecule has 1 heterocycles. The van der Waals surface area contributed by atoms with Crippen molar-refractivity contribution in [2.24, 2.45) is 11.8 Å². The van der Waals surface area contributed by atoms with Crippen molar-refractivity contribution >= 4 is 11.6 Å². The first-order valence-electron chi connectivity index (χ1n) is 6.56. The van der Waals surface area contributed by atoms with E-state index in [2.05, 4.69) is 43.0 Å². The molecule has 0 spiro atoms. The van der Waals surface area contributed by atoms with Gasteiger partial charge < -0.3 is 4.90 Å². The number of alkyl halides is 1. The molecule has 0 N–H and O–H groups in total. The fourth-order valence-corrected chi connectivity index (χ4v) is 3.28. The van der Waals surface area contributed by atoms with Gasteiger partial charge in [0.05, 0.1) is 5.38 Å². The van der Waals surface area contributed by atoms with Gasteiger partial charge >= 0.3 is 0 Å². The van der Waals surface area contributed by atoms with E-state index in [0.717, 1.165) is 18.4 Å². The number of rotatable bonds is 3. The van der Waals surface area contributed by atoms with Gasteiger partial charge in [-0.1, -0.05) is 44.2 Å². The molecule has 1 aromatic carbocycles. The number of piperidine rings is 1. The predicted molar refractivity (Wildman–Crippen MR) is 74.4 cm³/mol. The molecule has 1 nitrogen and oxygen atoms in total. The highest BCUT2D eigenvalue weighted by Gasteiger charge is 2.23. The number of benzene rings is 1. The van der Waals surface area contributed by atoms with Crippen LogP contribution in [0, 0.1) is 11.8 Å². The summed E-state index contributed by atoms with van der Waals surface area (Å²) in [5.41, 5.74) is 1.24. The number of hydrogen-bond donors (Lipinski definition) is 0. The van der Waals surface area contributed by atoms with E-state index in [1.807, 2.05) is 6.07 Å². The topological polar surface area (TPSA) is 3.24 Å². The Kier molecular flexibility index (Phi) is 4.47. The molecule has 0 bridgehead atoms. The molecule has 3 unspecified atom stereocenters. The Labute approximate surface area is 110 Å². The van der Waals surface area contributed by atoms with E-state index in [4.69, 9.17) is 11.6 Å². The maximum absolute atomic E-state index is 6.49. The first kappa shape index (κ1) is 12.9. The minimum absolute atomic E-state index is 0.119. The van der Waals surface area contributed by atoms with Gasteiger partial charge in [0.25, 0.3) is 0 Å². The van der Waals surface area contributed by atoms with Crippen LogP contribution in [-0.4, -0.2) is 24.5 Å². The molecule has 1 aromatic rings. The minimum atomic E-state index is 0.119. The molecule has 1 saturated heterocycles. The molecule has 0 radical (unpaired) electrons. The van der Waals surface area contributed by atoms with E-state index in [-0.39, 0.29) is 5.38 Å². The molecule has 1 fully saturated rings. The second-order valence-corrected chi connectivity index (χ2v) is 6.07. The molecule has 3 atom stereocenters. The first-order chi connectivity index (χ1) is 8.15. The van der Waals surface area contributed by atoms with Crippen molar-refractivity contribution in [3.8, 4) is 0 Å². The van der Waals surface area contributed by atoms with Gasteiger partial charge in [0.2, 0.25) is 0 Å². The second kappa shape index (κ2) is 5.88. The molecule has 17 heavy (non-hydrogen) atoms.